The number of hydrogen-bond acceptors (Lipinski definition) is 7. The Morgan fingerprint density at radius 1 is 1.24 bits per heavy atom. The van der Waals surface area contributed by atoms with E-state index in [-0.39, 0.29) is 59.5 Å². The van der Waals surface area contributed by atoms with Gasteiger partial charge in [0.25, 0.3) is 5.96 Å². The molecule has 0 aromatic carbocycles. The van der Waals surface area contributed by atoms with E-state index in [1.165, 1.54) is 4.90 Å². The number of fused-ring (bicyclic) bond motifs is 1. The topological polar surface area (TPSA) is 153 Å². The molecule has 1 heterocycles. The molecule has 8 atom stereocenters. The zero-order chi connectivity index (χ0) is 26.2. The predicted molar refractivity (Wildman–Crippen MR) is 134 cm³/mol. The highest BCUT2D eigenvalue weighted by molar-refractivity contribution is 6.03. The first-order valence-corrected chi connectivity index (χ1v) is 14.3. The number of aliphatic carboxylic acids is 1. The second-order valence-electron chi connectivity index (χ2n) is 12.8. The van der Waals surface area contributed by atoms with Crippen molar-refractivity contribution in [1.29, 1.82) is 0 Å². The Bertz CT molecular complexity index is 1070. The van der Waals surface area contributed by atoms with Crippen LogP contribution in [0, 0.1) is 28.1 Å². The molecule has 0 radical (unpaired) electrons. The Balaban J connectivity index is 1.65. The number of carbonyl (C=O) groups excluding carboxylic acids is 2. The van der Waals surface area contributed by atoms with Gasteiger partial charge in [0.1, 0.15) is 6.04 Å². The van der Waals surface area contributed by atoms with Crippen LogP contribution < -0.4 is 21.1 Å². The lowest BCUT2D eigenvalue weighted by atomic mass is 9.33. The third-order valence-electron chi connectivity index (χ3n) is 12.1. The molecule has 6 N–H and O–H groups in total. The van der Waals surface area contributed by atoms with Crippen molar-refractivity contribution < 1.29 is 29.8 Å². The molecule has 0 amide bonds. The fourth-order valence-corrected chi connectivity index (χ4v) is 11.2. The van der Waals surface area contributed by atoms with Gasteiger partial charge in [-0.25, -0.2) is 4.99 Å². The van der Waals surface area contributed by atoms with Crippen molar-refractivity contribution in [1.82, 2.24) is 5.32 Å². The Labute approximate surface area is 218 Å². The summed E-state index contributed by atoms with van der Waals surface area (Å²) < 4.78 is 0. The summed E-state index contributed by atoms with van der Waals surface area (Å²) in [4.78, 5) is 32.0. The van der Waals surface area contributed by atoms with Crippen molar-refractivity contribution in [2.75, 3.05) is 33.3 Å². The Morgan fingerprint density at radius 3 is 2.76 bits per heavy atom. The van der Waals surface area contributed by atoms with Crippen LogP contribution in [-0.2, 0) is 9.59 Å². The maximum Gasteiger partial charge on any atom is 0.293 e. The molecule has 37 heavy (non-hydrogen) atoms. The fraction of sp³-hybridized carbons (Fsp3) is 0.821. The summed E-state index contributed by atoms with van der Waals surface area (Å²) in [6.45, 7) is 2.14. The number of ketones is 1. The average Bonchev–Trinajstić information content (AvgIpc) is 3.26. The number of hydrogen-bond donors (Lipinski definition) is 5. The standard InChI is InChI=1S/C28H42N4O5/c1-30-24(29)32-12-7-18(15-31-11-13-33)28-17-5-9-25(10-6-20(28)32)8-3-2-4-21(34)26(37)16-27(25,28)19(14-17)22(26)23(35)36/h17-18,20,31,33,37H,2-16H2,1H3,(H2,29,30)(H,35,36). The van der Waals surface area contributed by atoms with Gasteiger partial charge in [-0.1, -0.05) is 12.0 Å². The molecule has 0 aromatic heterocycles. The van der Waals surface area contributed by atoms with Crippen molar-refractivity contribution >= 4 is 17.7 Å². The molecule has 4 saturated carbocycles. The molecule has 5 fully saturated rings. The maximum absolute atomic E-state index is 13.6. The van der Waals surface area contributed by atoms with Crippen molar-refractivity contribution in [3.05, 3.63) is 11.1 Å². The number of carbonyl (C=O) groups is 2. The van der Waals surface area contributed by atoms with Gasteiger partial charge in [0.15, 0.2) is 11.4 Å². The molecule has 6 rings (SSSR count). The van der Waals surface area contributed by atoms with Crippen LogP contribution in [0.2, 0.25) is 0 Å². The van der Waals surface area contributed by atoms with E-state index in [2.05, 4.69) is 10.3 Å². The van der Waals surface area contributed by atoms with Crippen LogP contribution in [0.25, 0.3) is 0 Å². The van der Waals surface area contributed by atoms with Crippen LogP contribution >= 0.6 is 0 Å². The van der Waals surface area contributed by atoms with E-state index >= 15 is 0 Å². The second kappa shape index (κ2) is 8.60. The van der Waals surface area contributed by atoms with E-state index in [1.807, 2.05) is 0 Å². The zero-order valence-corrected chi connectivity index (χ0v) is 22.0. The van der Waals surface area contributed by atoms with Gasteiger partial charge < -0.3 is 31.2 Å². The molecule has 0 aromatic rings. The average molecular weight is 515 g/mol. The highest BCUT2D eigenvalue weighted by Gasteiger charge is 2.84. The molecule has 2 spiro atoms. The summed E-state index contributed by atoms with van der Waals surface area (Å²) in [6, 6.07) is 0.142. The van der Waals surface area contributed by atoms with Crippen molar-refractivity contribution in [2.45, 2.75) is 82.3 Å². The van der Waals surface area contributed by atoms with Gasteiger partial charge in [0.2, 0.25) is 0 Å². The first-order chi connectivity index (χ1) is 17.7. The van der Waals surface area contributed by atoms with Crippen molar-refractivity contribution in [2.24, 2.45) is 38.8 Å². The van der Waals surface area contributed by atoms with E-state index < -0.39 is 17.0 Å². The lowest BCUT2D eigenvalue weighted by Gasteiger charge is -2.71. The van der Waals surface area contributed by atoms with E-state index in [0.717, 1.165) is 63.6 Å². The fourth-order valence-electron chi connectivity index (χ4n) is 11.2. The molecule has 9 nitrogen and oxygen atoms in total. The number of nitrogens with two attached hydrogens (primary N) is 1. The number of rotatable bonds is 5. The van der Waals surface area contributed by atoms with E-state index in [0.29, 0.717) is 25.3 Å². The van der Waals surface area contributed by atoms with Crippen LogP contribution in [0.5, 0.6) is 0 Å². The Hall–Kier alpha value is -1.81. The SMILES string of the molecule is CN=C(N)[NH+]1CCC(CNCCO)C23C4CCC5(CCCCC(=O)C6(O)CC52C(=C6C(=O)[O-])C4)CCC13. The third kappa shape index (κ3) is 2.92. The van der Waals surface area contributed by atoms with Crippen LogP contribution in [0.1, 0.15) is 70.6 Å². The van der Waals surface area contributed by atoms with Crippen LogP contribution in [-0.4, -0.2) is 72.9 Å². The minimum Gasteiger partial charge on any atom is -0.545 e. The quantitative estimate of drug-likeness (QED) is 0.173. The molecule has 5 aliphatic carbocycles. The molecule has 8 unspecified atom stereocenters. The van der Waals surface area contributed by atoms with Gasteiger partial charge in [-0.3, -0.25) is 9.69 Å². The number of Topliss-reactive ketones (excluding diaryl/α,β-unsaturated/α-hetero) is 1. The van der Waals surface area contributed by atoms with Gasteiger partial charge in [-0.15, -0.1) is 0 Å². The third-order valence-corrected chi connectivity index (χ3v) is 12.1. The number of guanidine groups is 1. The Morgan fingerprint density at radius 2 is 2.03 bits per heavy atom. The van der Waals surface area contributed by atoms with E-state index in [4.69, 9.17) is 5.73 Å². The number of likely N-dealkylation sites (tertiary alicyclic amines) is 1. The number of carboxylic acid groups (broad SMARTS) is 1. The molecular weight excluding hydrogens is 472 g/mol. The summed E-state index contributed by atoms with van der Waals surface area (Å²) in [5.74, 6) is -0.642. The number of piperidine rings is 1. The highest BCUT2D eigenvalue weighted by atomic mass is 16.4. The number of aliphatic imine (C=N–C) groups is 1. The highest BCUT2D eigenvalue weighted by Crippen LogP contribution is 2.84. The Kier molecular flexibility index (Phi) is 5.92. The molecule has 9 heteroatoms. The molecule has 5 bridgehead atoms. The molecule has 1 saturated heterocycles. The zero-order valence-electron chi connectivity index (χ0n) is 22.0. The van der Waals surface area contributed by atoms with Gasteiger partial charge >= 0.3 is 0 Å². The summed E-state index contributed by atoms with van der Waals surface area (Å²) in [5, 5.41) is 37.9. The maximum atomic E-state index is 13.6. The largest absolute Gasteiger partial charge is 0.545 e. The minimum absolute atomic E-state index is 0.0582. The molecule has 204 valence electrons. The van der Waals surface area contributed by atoms with E-state index in [9.17, 15) is 24.9 Å². The lowest BCUT2D eigenvalue weighted by Crippen LogP contribution is -3.23. The van der Waals surface area contributed by atoms with Crippen molar-refractivity contribution in [3.8, 4) is 0 Å². The molecule has 6 aliphatic rings. The first-order valence-electron chi connectivity index (χ1n) is 14.3. The van der Waals surface area contributed by atoms with E-state index in [1.54, 1.807) is 7.05 Å². The van der Waals surface area contributed by atoms with Gasteiger partial charge in [0, 0.05) is 49.3 Å². The summed E-state index contributed by atoms with van der Waals surface area (Å²) in [7, 11) is 1.74. The number of carboxylic acids is 1. The summed E-state index contributed by atoms with van der Waals surface area (Å²) >= 11 is 0. The summed E-state index contributed by atoms with van der Waals surface area (Å²) in [6.07, 6.45) is 8.46. The number of nitrogens with zero attached hydrogens (tertiary/aromatic N) is 1. The van der Waals surface area contributed by atoms with Crippen LogP contribution in [0.3, 0.4) is 0 Å². The smallest absolute Gasteiger partial charge is 0.293 e. The number of aliphatic hydroxyl groups excluding tert-OH is 1. The second-order valence-corrected chi connectivity index (χ2v) is 12.8. The monoisotopic (exact) mass is 514 g/mol. The van der Waals surface area contributed by atoms with Gasteiger partial charge in [-0.2, -0.15) is 0 Å². The van der Waals surface area contributed by atoms with Gasteiger partial charge in [-0.05, 0) is 68.7 Å². The lowest BCUT2D eigenvalue weighted by molar-refractivity contribution is -0.862. The number of quaternary nitrogens is 1. The van der Waals surface area contributed by atoms with Crippen molar-refractivity contribution in [3.63, 3.8) is 0 Å². The minimum atomic E-state index is -1.98. The number of aliphatic hydroxyl groups is 2. The summed E-state index contributed by atoms with van der Waals surface area (Å²) in [5.41, 5.74) is 4.30. The first kappa shape index (κ1) is 25.5. The molecule has 1 aliphatic heterocycles. The van der Waals surface area contributed by atoms with Crippen LogP contribution in [0.15, 0.2) is 16.1 Å². The van der Waals surface area contributed by atoms with Gasteiger partial charge in [0.05, 0.1) is 19.1 Å². The normalized spacial score (nSPS) is 46.8. The molecular formula is C28H42N4O5. The number of nitrogens with one attached hydrogen (secondary N) is 2. The number of allylic oxidation sites excluding steroid dienone is 1. The predicted octanol–water partition coefficient (Wildman–Crippen LogP) is -1.32. The van der Waals surface area contributed by atoms with Crippen LogP contribution in [0.4, 0.5) is 0 Å².